The van der Waals surface area contributed by atoms with Gasteiger partial charge in [0.15, 0.2) is 0 Å². The third-order valence-corrected chi connectivity index (χ3v) is 4.86. The van der Waals surface area contributed by atoms with Gasteiger partial charge in [0, 0.05) is 21.5 Å². The number of amides is 1. The molecule has 1 aromatic carbocycles. The van der Waals surface area contributed by atoms with E-state index in [1.807, 2.05) is 29.2 Å². The second-order valence-corrected chi connectivity index (χ2v) is 6.09. The minimum absolute atomic E-state index is 0.180. The van der Waals surface area contributed by atoms with Crippen LogP contribution in [-0.2, 0) is 0 Å². The van der Waals surface area contributed by atoms with E-state index in [0.29, 0.717) is 6.04 Å². The number of likely N-dealkylation sites (tertiary alicyclic amines) is 1. The molecular formula is C13H15BrINO. The van der Waals surface area contributed by atoms with E-state index in [-0.39, 0.29) is 5.91 Å². The lowest BCUT2D eigenvalue weighted by Crippen LogP contribution is -2.44. The molecule has 1 fully saturated rings. The van der Waals surface area contributed by atoms with Crippen molar-refractivity contribution in [3.05, 3.63) is 33.4 Å². The van der Waals surface area contributed by atoms with E-state index < -0.39 is 0 Å². The average Bonchev–Trinajstić information content (AvgIpc) is 2.38. The van der Waals surface area contributed by atoms with Crippen molar-refractivity contribution in [3.8, 4) is 0 Å². The van der Waals surface area contributed by atoms with Crippen LogP contribution in [0.15, 0.2) is 24.3 Å². The molecule has 4 heteroatoms. The van der Waals surface area contributed by atoms with Crippen LogP contribution in [-0.4, -0.2) is 28.7 Å². The van der Waals surface area contributed by atoms with Crippen molar-refractivity contribution >= 4 is 44.4 Å². The zero-order chi connectivity index (χ0) is 12.3. The normalized spacial score (nSPS) is 20.4. The van der Waals surface area contributed by atoms with Crippen molar-refractivity contribution in [1.29, 1.82) is 0 Å². The molecule has 1 amide bonds. The van der Waals surface area contributed by atoms with E-state index in [1.165, 1.54) is 6.42 Å². The molecule has 1 saturated heterocycles. The third kappa shape index (κ3) is 3.02. The van der Waals surface area contributed by atoms with Crippen molar-refractivity contribution < 1.29 is 4.79 Å². The van der Waals surface area contributed by atoms with E-state index in [9.17, 15) is 4.79 Å². The largest absolute Gasteiger partial charge is 0.335 e. The van der Waals surface area contributed by atoms with Gasteiger partial charge in [0.25, 0.3) is 5.91 Å². The van der Waals surface area contributed by atoms with Gasteiger partial charge in [-0.15, -0.1) is 0 Å². The molecule has 1 aliphatic heterocycles. The van der Waals surface area contributed by atoms with Crippen molar-refractivity contribution in [2.45, 2.75) is 25.3 Å². The second kappa shape index (κ2) is 6.18. The highest BCUT2D eigenvalue weighted by Crippen LogP contribution is 2.22. The molecule has 0 N–H and O–H groups in total. The number of rotatable bonds is 2. The molecule has 0 aromatic heterocycles. The maximum absolute atomic E-state index is 12.5. The Labute approximate surface area is 124 Å². The Hall–Kier alpha value is -0.100. The fourth-order valence-corrected chi connectivity index (χ4v) is 3.51. The quantitative estimate of drug-likeness (QED) is 0.541. The lowest BCUT2D eigenvalue weighted by Gasteiger charge is -2.35. The summed E-state index contributed by atoms with van der Waals surface area (Å²) in [7, 11) is 0. The zero-order valence-corrected chi connectivity index (χ0v) is 13.3. The maximum atomic E-state index is 12.5. The first-order chi connectivity index (χ1) is 8.24. The summed E-state index contributed by atoms with van der Waals surface area (Å²) in [6.45, 7) is 0.889. The van der Waals surface area contributed by atoms with Crippen LogP contribution in [0.3, 0.4) is 0 Å². The van der Waals surface area contributed by atoms with E-state index in [0.717, 1.165) is 33.9 Å². The predicted molar refractivity (Wildman–Crippen MR) is 81.6 cm³/mol. The molecule has 1 unspecified atom stereocenters. The molecule has 1 aliphatic rings. The first-order valence-electron chi connectivity index (χ1n) is 5.85. The van der Waals surface area contributed by atoms with E-state index >= 15 is 0 Å². The van der Waals surface area contributed by atoms with Crippen molar-refractivity contribution in [2.24, 2.45) is 0 Å². The van der Waals surface area contributed by atoms with Gasteiger partial charge in [-0.2, -0.15) is 0 Å². The fourth-order valence-electron chi connectivity index (χ4n) is 2.22. The Morgan fingerprint density at radius 1 is 1.41 bits per heavy atom. The highest BCUT2D eigenvalue weighted by molar-refractivity contribution is 14.1. The molecule has 0 bridgehead atoms. The molecule has 2 rings (SSSR count). The maximum Gasteiger partial charge on any atom is 0.255 e. The predicted octanol–water partition coefficient (Wildman–Crippen LogP) is 3.68. The van der Waals surface area contributed by atoms with Crippen molar-refractivity contribution in [1.82, 2.24) is 4.90 Å². The number of nitrogens with zero attached hydrogens (tertiary/aromatic N) is 1. The summed E-state index contributed by atoms with van der Waals surface area (Å²) < 4.78 is 1.04. The molecule has 1 heterocycles. The summed E-state index contributed by atoms with van der Waals surface area (Å²) in [6, 6.07) is 8.16. The van der Waals surface area contributed by atoms with Crippen LogP contribution in [0.25, 0.3) is 0 Å². The monoisotopic (exact) mass is 407 g/mol. The Bertz CT molecular complexity index is 410. The summed E-state index contributed by atoms with van der Waals surface area (Å²) in [5.41, 5.74) is 0.834. The van der Waals surface area contributed by atoms with Crippen LogP contribution in [0.5, 0.6) is 0 Å². The standard InChI is InChI=1S/C13H15BrINO/c14-9-10-5-3-4-8-16(10)13(17)11-6-1-2-7-12(11)15/h1-2,6-7,10H,3-5,8-9H2. The number of carbonyl (C=O) groups excluding carboxylic acids is 1. The van der Waals surface area contributed by atoms with Gasteiger partial charge in [-0.25, -0.2) is 0 Å². The van der Waals surface area contributed by atoms with Crippen LogP contribution in [0.1, 0.15) is 29.6 Å². The number of hydrogen-bond acceptors (Lipinski definition) is 1. The molecular weight excluding hydrogens is 393 g/mol. The van der Waals surface area contributed by atoms with E-state index in [2.05, 4.69) is 38.5 Å². The van der Waals surface area contributed by atoms with Gasteiger partial charge in [-0.3, -0.25) is 4.79 Å². The van der Waals surface area contributed by atoms with Gasteiger partial charge in [-0.1, -0.05) is 28.1 Å². The van der Waals surface area contributed by atoms with Gasteiger partial charge < -0.3 is 4.90 Å². The minimum atomic E-state index is 0.180. The third-order valence-electron chi connectivity index (χ3n) is 3.17. The highest BCUT2D eigenvalue weighted by Gasteiger charge is 2.27. The number of halogens is 2. The lowest BCUT2D eigenvalue weighted by atomic mass is 10.0. The second-order valence-electron chi connectivity index (χ2n) is 4.28. The number of alkyl halides is 1. The molecule has 92 valence electrons. The smallest absolute Gasteiger partial charge is 0.255 e. The minimum Gasteiger partial charge on any atom is -0.335 e. The fraction of sp³-hybridized carbons (Fsp3) is 0.462. The molecule has 0 radical (unpaired) electrons. The van der Waals surface area contributed by atoms with Gasteiger partial charge >= 0.3 is 0 Å². The van der Waals surface area contributed by atoms with Crippen molar-refractivity contribution in [3.63, 3.8) is 0 Å². The van der Waals surface area contributed by atoms with E-state index in [4.69, 9.17) is 0 Å². The van der Waals surface area contributed by atoms with Gasteiger partial charge in [0.1, 0.15) is 0 Å². The van der Waals surface area contributed by atoms with Gasteiger partial charge in [0.2, 0.25) is 0 Å². The lowest BCUT2D eigenvalue weighted by molar-refractivity contribution is 0.0641. The van der Waals surface area contributed by atoms with Crippen LogP contribution in [0.2, 0.25) is 0 Å². The van der Waals surface area contributed by atoms with Crippen molar-refractivity contribution in [2.75, 3.05) is 11.9 Å². The Morgan fingerprint density at radius 3 is 2.88 bits per heavy atom. The average molecular weight is 408 g/mol. The number of carbonyl (C=O) groups is 1. The van der Waals surface area contributed by atoms with Crippen LogP contribution in [0, 0.1) is 3.57 Å². The Balaban J connectivity index is 2.21. The van der Waals surface area contributed by atoms with Gasteiger partial charge in [0.05, 0.1) is 5.56 Å². The molecule has 1 atom stereocenters. The van der Waals surface area contributed by atoms with Crippen LogP contribution >= 0.6 is 38.5 Å². The van der Waals surface area contributed by atoms with Gasteiger partial charge in [-0.05, 0) is 54.0 Å². The molecule has 0 aliphatic carbocycles. The van der Waals surface area contributed by atoms with Crippen LogP contribution < -0.4 is 0 Å². The SMILES string of the molecule is O=C(c1ccccc1I)N1CCCCC1CBr. The first kappa shape index (κ1) is 13.3. The number of piperidine rings is 1. The highest BCUT2D eigenvalue weighted by atomic mass is 127. The summed E-state index contributed by atoms with van der Waals surface area (Å²) in [5, 5.41) is 0.877. The Kier molecular flexibility index (Phi) is 4.85. The molecule has 0 saturated carbocycles. The molecule has 2 nitrogen and oxygen atoms in total. The molecule has 1 aromatic rings. The summed E-state index contributed by atoms with van der Waals surface area (Å²) in [6.07, 6.45) is 3.46. The zero-order valence-electron chi connectivity index (χ0n) is 9.53. The molecule has 17 heavy (non-hydrogen) atoms. The molecule has 0 spiro atoms. The number of benzene rings is 1. The number of hydrogen-bond donors (Lipinski definition) is 0. The van der Waals surface area contributed by atoms with Crippen LogP contribution in [0.4, 0.5) is 0 Å². The topological polar surface area (TPSA) is 20.3 Å². The van der Waals surface area contributed by atoms with E-state index in [1.54, 1.807) is 0 Å². The Morgan fingerprint density at radius 2 is 2.18 bits per heavy atom. The summed E-state index contributed by atoms with van der Waals surface area (Å²) >= 11 is 5.75. The first-order valence-corrected chi connectivity index (χ1v) is 8.05. The summed E-state index contributed by atoms with van der Waals surface area (Å²) in [4.78, 5) is 14.5. The summed E-state index contributed by atoms with van der Waals surface area (Å²) in [5.74, 6) is 0.180.